The molecular weight excluding hydrogens is 332 g/mol. The lowest BCUT2D eigenvalue weighted by Crippen LogP contribution is -2.33. The zero-order valence-corrected chi connectivity index (χ0v) is 15.3. The van der Waals surface area contributed by atoms with Crippen LogP contribution in [-0.2, 0) is 16.6 Å². The lowest BCUT2D eigenvalue weighted by molar-refractivity contribution is 0.289. The molecular formula is C20H24N2O2S. The molecule has 132 valence electrons. The van der Waals surface area contributed by atoms with Crippen LogP contribution < -0.4 is 0 Å². The van der Waals surface area contributed by atoms with Crippen molar-refractivity contribution in [2.24, 2.45) is 11.8 Å². The molecule has 0 aliphatic carbocycles. The minimum atomic E-state index is -3.35. The number of fused-ring (bicyclic) bond motifs is 1. The Morgan fingerprint density at radius 3 is 2.12 bits per heavy atom. The van der Waals surface area contributed by atoms with Crippen LogP contribution in [0.1, 0.15) is 11.1 Å². The molecule has 0 unspecified atom stereocenters. The molecule has 2 fully saturated rings. The first-order valence-corrected chi connectivity index (χ1v) is 10.3. The number of aryl methyl sites for hydroxylation is 1. The van der Waals surface area contributed by atoms with Crippen LogP contribution in [0.5, 0.6) is 0 Å². The van der Waals surface area contributed by atoms with Crippen molar-refractivity contribution in [1.29, 1.82) is 0 Å². The van der Waals surface area contributed by atoms with E-state index in [4.69, 9.17) is 0 Å². The third kappa shape index (κ3) is 3.24. The predicted octanol–water partition coefficient (Wildman–Crippen LogP) is 2.75. The van der Waals surface area contributed by atoms with Gasteiger partial charge >= 0.3 is 0 Å². The first-order valence-electron chi connectivity index (χ1n) is 8.86. The number of sulfonamides is 1. The Kier molecular flexibility index (Phi) is 4.40. The highest BCUT2D eigenvalue weighted by atomic mass is 32.2. The minimum Gasteiger partial charge on any atom is -0.298 e. The summed E-state index contributed by atoms with van der Waals surface area (Å²) in [5.74, 6) is 0.894. The zero-order chi connectivity index (χ0) is 17.4. The molecule has 4 rings (SSSR count). The van der Waals surface area contributed by atoms with Crippen molar-refractivity contribution in [3.8, 4) is 0 Å². The average molecular weight is 356 g/mol. The first kappa shape index (κ1) is 16.8. The number of benzene rings is 2. The topological polar surface area (TPSA) is 40.6 Å². The monoisotopic (exact) mass is 356 g/mol. The van der Waals surface area contributed by atoms with E-state index in [0.29, 0.717) is 29.8 Å². The fourth-order valence-corrected chi connectivity index (χ4v) is 5.72. The molecule has 2 aliphatic heterocycles. The number of likely N-dealkylation sites (tertiary alicyclic amines) is 1. The van der Waals surface area contributed by atoms with Gasteiger partial charge in [-0.05, 0) is 42.0 Å². The van der Waals surface area contributed by atoms with E-state index in [0.717, 1.165) is 19.6 Å². The highest BCUT2D eigenvalue weighted by molar-refractivity contribution is 7.89. The van der Waals surface area contributed by atoms with Crippen molar-refractivity contribution in [1.82, 2.24) is 9.21 Å². The van der Waals surface area contributed by atoms with Gasteiger partial charge in [-0.1, -0.05) is 42.5 Å². The molecule has 0 aromatic heterocycles. The SMILES string of the molecule is Cc1ccccc1CN1C[C@@H]2CN(S(=O)(=O)c3ccccc3)C[C@@H]2C1. The molecule has 0 N–H and O–H groups in total. The summed E-state index contributed by atoms with van der Waals surface area (Å²) in [5, 5.41) is 0. The van der Waals surface area contributed by atoms with Crippen LogP contribution in [-0.4, -0.2) is 43.8 Å². The molecule has 5 heteroatoms. The second-order valence-corrected chi connectivity index (χ2v) is 9.21. The van der Waals surface area contributed by atoms with Crippen LogP contribution in [0, 0.1) is 18.8 Å². The molecule has 2 aromatic carbocycles. The molecule has 4 nitrogen and oxygen atoms in total. The van der Waals surface area contributed by atoms with Crippen molar-refractivity contribution in [2.75, 3.05) is 26.2 Å². The Morgan fingerprint density at radius 2 is 1.48 bits per heavy atom. The van der Waals surface area contributed by atoms with Gasteiger partial charge in [0.1, 0.15) is 0 Å². The summed E-state index contributed by atoms with van der Waals surface area (Å²) < 4.78 is 27.3. The summed E-state index contributed by atoms with van der Waals surface area (Å²) in [7, 11) is -3.35. The molecule has 0 saturated carbocycles. The van der Waals surface area contributed by atoms with Crippen LogP contribution in [0.15, 0.2) is 59.5 Å². The van der Waals surface area contributed by atoms with Gasteiger partial charge in [0.2, 0.25) is 10.0 Å². The molecule has 2 saturated heterocycles. The number of rotatable bonds is 4. The summed E-state index contributed by atoms with van der Waals surface area (Å²) in [6, 6.07) is 17.3. The van der Waals surface area contributed by atoms with Crippen molar-refractivity contribution in [3.05, 3.63) is 65.7 Å². The molecule has 0 bridgehead atoms. The maximum Gasteiger partial charge on any atom is 0.243 e. The summed E-state index contributed by atoms with van der Waals surface area (Å²) in [6.07, 6.45) is 0. The average Bonchev–Trinajstić information content (AvgIpc) is 3.17. The third-order valence-corrected chi connectivity index (χ3v) is 7.41. The largest absolute Gasteiger partial charge is 0.298 e. The summed E-state index contributed by atoms with van der Waals surface area (Å²) >= 11 is 0. The Labute approximate surface area is 150 Å². The Morgan fingerprint density at radius 1 is 0.880 bits per heavy atom. The second-order valence-electron chi connectivity index (χ2n) is 7.28. The Bertz CT molecular complexity index is 837. The van der Waals surface area contributed by atoms with E-state index >= 15 is 0 Å². The van der Waals surface area contributed by atoms with E-state index in [-0.39, 0.29) is 0 Å². The molecule has 0 spiro atoms. The fraction of sp³-hybridized carbons (Fsp3) is 0.400. The van der Waals surface area contributed by atoms with E-state index in [9.17, 15) is 8.42 Å². The van der Waals surface area contributed by atoms with Gasteiger partial charge in [0.05, 0.1) is 4.90 Å². The van der Waals surface area contributed by atoms with Crippen molar-refractivity contribution < 1.29 is 8.42 Å². The quantitative estimate of drug-likeness (QED) is 0.846. The third-order valence-electron chi connectivity index (χ3n) is 5.56. The Balaban J connectivity index is 1.42. The van der Waals surface area contributed by atoms with E-state index in [1.54, 1.807) is 28.6 Å². The predicted molar refractivity (Wildman–Crippen MR) is 98.6 cm³/mol. The Hall–Kier alpha value is -1.69. The lowest BCUT2D eigenvalue weighted by Gasteiger charge is -2.22. The van der Waals surface area contributed by atoms with E-state index in [1.165, 1.54) is 11.1 Å². The lowest BCUT2D eigenvalue weighted by atomic mass is 10.0. The number of hydrogen-bond acceptors (Lipinski definition) is 3. The standard InChI is InChI=1S/C20H24N2O2S/c1-16-7-5-6-8-17(16)11-21-12-18-14-22(15-19(18)13-21)25(23,24)20-9-3-2-4-10-20/h2-10,18-19H,11-15H2,1H3/t18-,19+. The highest BCUT2D eigenvalue weighted by Crippen LogP contribution is 2.35. The smallest absolute Gasteiger partial charge is 0.243 e. The summed E-state index contributed by atoms with van der Waals surface area (Å²) in [4.78, 5) is 2.89. The molecule has 2 aliphatic rings. The molecule has 25 heavy (non-hydrogen) atoms. The number of nitrogens with zero attached hydrogens (tertiary/aromatic N) is 2. The number of hydrogen-bond donors (Lipinski definition) is 0. The summed E-state index contributed by atoms with van der Waals surface area (Å²) in [6.45, 7) is 6.38. The van der Waals surface area contributed by atoms with Crippen LogP contribution in [0.2, 0.25) is 0 Å². The normalized spacial score (nSPS) is 24.5. The van der Waals surface area contributed by atoms with Crippen molar-refractivity contribution in [2.45, 2.75) is 18.4 Å². The summed E-state index contributed by atoms with van der Waals surface area (Å²) in [5.41, 5.74) is 2.70. The zero-order valence-electron chi connectivity index (χ0n) is 14.5. The second kappa shape index (κ2) is 6.56. The van der Waals surface area contributed by atoms with Gasteiger partial charge in [0, 0.05) is 32.7 Å². The maximum atomic E-state index is 12.8. The van der Waals surface area contributed by atoms with Gasteiger partial charge in [0.15, 0.2) is 0 Å². The van der Waals surface area contributed by atoms with Gasteiger partial charge in [0.25, 0.3) is 0 Å². The van der Waals surface area contributed by atoms with Gasteiger partial charge < -0.3 is 0 Å². The van der Waals surface area contributed by atoms with Gasteiger partial charge in [-0.3, -0.25) is 4.90 Å². The van der Waals surface area contributed by atoms with Crippen LogP contribution in [0.25, 0.3) is 0 Å². The molecule has 0 amide bonds. The van der Waals surface area contributed by atoms with Crippen molar-refractivity contribution >= 4 is 10.0 Å². The van der Waals surface area contributed by atoms with E-state index < -0.39 is 10.0 Å². The van der Waals surface area contributed by atoms with E-state index in [2.05, 4.69) is 36.1 Å². The van der Waals surface area contributed by atoms with Crippen LogP contribution in [0.4, 0.5) is 0 Å². The fourth-order valence-electron chi connectivity index (χ4n) is 4.14. The first-order chi connectivity index (χ1) is 12.0. The van der Waals surface area contributed by atoms with Gasteiger partial charge in [-0.25, -0.2) is 8.42 Å². The molecule has 2 heterocycles. The molecule has 2 aromatic rings. The van der Waals surface area contributed by atoms with Crippen LogP contribution >= 0.6 is 0 Å². The molecule has 2 atom stereocenters. The van der Waals surface area contributed by atoms with Gasteiger partial charge in [-0.15, -0.1) is 0 Å². The minimum absolute atomic E-state index is 0.409. The van der Waals surface area contributed by atoms with Gasteiger partial charge in [-0.2, -0.15) is 4.31 Å². The van der Waals surface area contributed by atoms with E-state index in [1.807, 2.05) is 6.07 Å². The molecule has 0 radical (unpaired) electrons. The highest BCUT2D eigenvalue weighted by Gasteiger charge is 2.44. The van der Waals surface area contributed by atoms with Crippen LogP contribution in [0.3, 0.4) is 0 Å². The van der Waals surface area contributed by atoms with Crippen molar-refractivity contribution in [3.63, 3.8) is 0 Å². The maximum absolute atomic E-state index is 12.8.